The van der Waals surface area contributed by atoms with Crippen LogP contribution in [-0.2, 0) is 0 Å². The molecule has 180 valence electrons. The minimum Gasteiger partial charge on any atom is -0.493 e. The van der Waals surface area contributed by atoms with Crippen LogP contribution in [-0.4, -0.2) is 66.1 Å². The van der Waals surface area contributed by atoms with Crippen LogP contribution in [0.3, 0.4) is 0 Å². The van der Waals surface area contributed by atoms with Gasteiger partial charge in [-0.1, -0.05) is 12.1 Å². The molecule has 0 unspecified atom stereocenters. The molecule has 1 aliphatic rings. The smallest absolute Gasteiger partial charge is 0.229 e. The number of hydrogen-bond acceptors (Lipinski definition) is 7. The summed E-state index contributed by atoms with van der Waals surface area (Å²) in [6.45, 7) is 12.7. The molecule has 0 aliphatic carbocycles. The molecule has 34 heavy (non-hydrogen) atoms. The van der Waals surface area contributed by atoms with E-state index in [0.717, 1.165) is 67.7 Å². The first-order valence-corrected chi connectivity index (χ1v) is 12.0. The first-order valence-electron chi connectivity index (χ1n) is 12.0. The summed E-state index contributed by atoms with van der Waals surface area (Å²) < 4.78 is 6.12. The van der Waals surface area contributed by atoms with Crippen LogP contribution in [0.2, 0.25) is 0 Å². The number of hydrogen-bond donors (Lipinski definition) is 2. The fourth-order valence-electron chi connectivity index (χ4n) is 3.96. The van der Waals surface area contributed by atoms with Crippen LogP contribution in [0.1, 0.15) is 23.1 Å². The predicted molar refractivity (Wildman–Crippen MR) is 140 cm³/mol. The van der Waals surface area contributed by atoms with Crippen LogP contribution < -0.4 is 15.4 Å². The van der Waals surface area contributed by atoms with E-state index in [9.17, 15) is 0 Å². The van der Waals surface area contributed by atoms with Gasteiger partial charge < -0.3 is 25.2 Å². The SMILES string of the molecule is Cc1ccc(Nc2ccnc(Nc3ccc(C)c(OCCCN4CCN(C)CC4)c3)n2)cc1C. The lowest BCUT2D eigenvalue weighted by molar-refractivity contribution is 0.145. The number of nitrogens with zero attached hydrogens (tertiary/aromatic N) is 4. The summed E-state index contributed by atoms with van der Waals surface area (Å²) in [5, 5.41) is 6.67. The lowest BCUT2D eigenvalue weighted by Gasteiger charge is -2.32. The Kier molecular flexibility index (Phi) is 7.98. The van der Waals surface area contributed by atoms with Gasteiger partial charge in [0.05, 0.1) is 6.61 Å². The van der Waals surface area contributed by atoms with Crippen molar-refractivity contribution in [2.75, 3.05) is 57.0 Å². The summed E-state index contributed by atoms with van der Waals surface area (Å²) in [6.07, 6.45) is 2.78. The molecule has 0 bridgehead atoms. The summed E-state index contributed by atoms with van der Waals surface area (Å²) >= 11 is 0. The molecule has 0 saturated carbocycles. The molecule has 2 heterocycles. The molecule has 2 N–H and O–H groups in total. The fraction of sp³-hybridized carbons (Fsp3) is 0.407. The largest absolute Gasteiger partial charge is 0.493 e. The van der Waals surface area contributed by atoms with Crippen molar-refractivity contribution in [2.24, 2.45) is 0 Å². The first-order chi connectivity index (χ1) is 16.5. The lowest BCUT2D eigenvalue weighted by Crippen LogP contribution is -2.44. The standard InChI is InChI=1S/C27H36N6O/c1-20-6-8-23(18-22(20)3)29-26-10-11-28-27(31-26)30-24-9-7-21(2)25(19-24)34-17-5-12-33-15-13-32(4)14-16-33/h6-11,18-19H,5,12-17H2,1-4H3,(H2,28,29,30,31). The molecule has 1 aromatic heterocycles. The average Bonchev–Trinajstić information content (AvgIpc) is 2.82. The van der Waals surface area contributed by atoms with Crippen LogP contribution in [0, 0.1) is 20.8 Å². The maximum absolute atomic E-state index is 6.12. The van der Waals surface area contributed by atoms with Crippen molar-refractivity contribution in [3.8, 4) is 5.75 Å². The van der Waals surface area contributed by atoms with Gasteiger partial charge in [-0.05, 0) is 75.2 Å². The van der Waals surface area contributed by atoms with Crippen LogP contribution >= 0.6 is 0 Å². The Morgan fingerprint density at radius 3 is 2.35 bits per heavy atom. The molecular formula is C27H36N6O. The third kappa shape index (κ3) is 6.68. The maximum Gasteiger partial charge on any atom is 0.229 e. The Bertz CT molecular complexity index is 1090. The molecule has 2 aromatic carbocycles. The topological polar surface area (TPSA) is 65.6 Å². The third-order valence-corrected chi connectivity index (χ3v) is 6.35. The number of rotatable bonds is 9. The molecule has 0 atom stereocenters. The van der Waals surface area contributed by atoms with Crippen molar-refractivity contribution in [3.63, 3.8) is 0 Å². The molecule has 1 fully saturated rings. The Morgan fingerprint density at radius 2 is 1.59 bits per heavy atom. The molecular weight excluding hydrogens is 424 g/mol. The van der Waals surface area contributed by atoms with Crippen LogP contribution in [0.4, 0.5) is 23.1 Å². The summed E-state index contributed by atoms with van der Waals surface area (Å²) in [5.41, 5.74) is 5.55. The molecule has 7 nitrogen and oxygen atoms in total. The zero-order valence-electron chi connectivity index (χ0n) is 20.8. The van der Waals surface area contributed by atoms with E-state index in [2.05, 4.69) is 82.5 Å². The Labute approximate surface area is 203 Å². The van der Waals surface area contributed by atoms with Gasteiger partial charge in [-0.15, -0.1) is 0 Å². The average molecular weight is 461 g/mol. The van der Waals surface area contributed by atoms with Gasteiger partial charge in [0.25, 0.3) is 0 Å². The zero-order valence-corrected chi connectivity index (χ0v) is 20.8. The number of likely N-dealkylation sites (N-methyl/N-ethyl adjacent to an activating group) is 1. The maximum atomic E-state index is 6.12. The van der Waals surface area contributed by atoms with E-state index in [-0.39, 0.29) is 0 Å². The number of nitrogens with one attached hydrogen (secondary N) is 2. The molecule has 1 aliphatic heterocycles. The van der Waals surface area contributed by atoms with E-state index in [1.807, 2.05) is 18.2 Å². The van der Waals surface area contributed by atoms with Crippen molar-refractivity contribution >= 4 is 23.1 Å². The molecule has 1 saturated heterocycles. The van der Waals surface area contributed by atoms with Crippen molar-refractivity contribution in [3.05, 3.63) is 65.4 Å². The van der Waals surface area contributed by atoms with Crippen molar-refractivity contribution in [1.29, 1.82) is 0 Å². The second kappa shape index (κ2) is 11.3. The number of aryl methyl sites for hydroxylation is 3. The second-order valence-corrected chi connectivity index (χ2v) is 9.14. The number of ether oxygens (including phenoxy) is 1. The van der Waals surface area contributed by atoms with Gasteiger partial charge in [0.2, 0.25) is 5.95 Å². The van der Waals surface area contributed by atoms with Gasteiger partial charge in [0, 0.05) is 56.4 Å². The van der Waals surface area contributed by atoms with Crippen molar-refractivity contribution < 1.29 is 4.74 Å². The van der Waals surface area contributed by atoms with E-state index in [0.29, 0.717) is 12.6 Å². The summed E-state index contributed by atoms with van der Waals surface area (Å²) in [6, 6.07) is 14.3. The number of piperazine rings is 1. The van der Waals surface area contributed by atoms with Gasteiger partial charge in [0.1, 0.15) is 11.6 Å². The highest BCUT2D eigenvalue weighted by Gasteiger charge is 2.13. The molecule has 0 spiro atoms. The van der Waals surface area contributed by atoms with E-state index in [1.165, 1.54) is 11.1 Å². The summed E-state index contributed by atoms with van der Waals surface area (Å²) in [5.74, 6) is 2.18. The number of anilines is 4. The predicted octanol–water partition coefficient (Wildman–Crippen LogP) is 4.91. The van der Waals surface area contributed by atoms with Crippen molar-refractivity contribution in [2.45, 2.75) is 27.2 Å². The zero-order chi connectivity index (χ0) is 23.9. The Hall–Kier alpha value is -3.16. The third-order valence-electron chi connectivity index (χ3n) is 6.35. The van der Waals surface area contributed by atoms with Crippen LogP contribution in [0.5, 0.6) is 5.75 Å². The highest BCUT2D eigenvalue weighted by atomic mass is 16.5. The highest BCUT2D eigenvalue weighted by molar-refractivity contribution is 5.61. The Balaban J connectivity index is 1.32. The van der Waals surface area contributed by atoms with Gasteiger partial charge >= 0.3 is 0 Å². The molecule has 7 heteroatoms. The monoisotopic (exact) mass is 460 g/mol. The van der Waals surface area contributed by atoms with Crippen LogP contribution in [0.15, 0.2) is 48.7 Å². The minimum absolute atomic E-state index is 0.540. The number of aromatic nitrogens is 2. The van der Waals surface area contributed by atoms with E-state index >= 15 is 0 Å². The van der Waals surface area contributed by atoms with Gasteiger partial charge in [-0.2, -0.15) is 4.98 Å². The normalized spacial score (nSPS) is 14.7. The minimum atomic E-state index is 0.540. The van der Waals surface area contributed by atoms with Crippen LogP contribution in [0.25, 0.3) is 0 Å². The molecule has 3 aromatic rings. The van der Waals surface area contributed by atoms with Crippen molar-refractivity contribution in [1.82, 2.24) is 19.8 Å². The van der Waals surface area contributed by atoms with E-state index < -0.39 is 0 Å². The van der Waals surface area contributed by atoms with E-state index in [4.69, 9.17) is 4.74 Å². The number of benzene rings is 2. The van der Waals surface area contributed by atoms with Gasteiger partial charge in [-0.3, -0.25) is 0 Å². The Morgan fingerprint density at radius 1 is 0.853 bits per heavy atom. The molecule has 0 radical (unpaired) electrons. The summed E-state index contributed by atoms with van der Waals surface area (Å²) in [4.78, 5) is 13.9. The quantitative estimate of drug-likeness (QED) is 0.440. The molecule has 0 amide bonds. The first kappa shape index (κ1) is 24.0. The lowest BCUT2D eigenvalue weighted by atomic mass is 10.1. The second-order valence-electron chi connectivity index (χ2n) is 9.14. The van der Waals surface area contributed by atoms with Gasteiger partial charge in [-0.25, -0.2) is 4.98 Å². The van der Waals surface area contributed by atoms with E-state index in [1.54, 1.807) is 6.20 Å². The fourth-order valence-corrected chi connectivity index (χ4v) is 3.96. The van der Waals surface area contributed by atoms with Gasteiger partial charge in [0.15, 0.2) is 0 Å². The summed E-state index contributed by atoms with van der Waals surface area (Å²) in [7, 11) is 2.19. The molecule has 4 rings (SSSR count). The highest BCUT2D eigenvalue weighted by Crippen LogP contribution is 2.25.